The molecule has 2 aromatic heterocycles. The average Bonchev–Trinajstić information content (AvgIpc) is 3.98. The first-order valence-corrected chi connectivity index (χ1v) is 21.4. The molecule has 1 spiro atoms. The first-order chi connectivity index (χ1) is 30.8. The van der Waals surface area contributed by atoms with Crippen LogP contribution < -0.4 is 4.90 Å². The Kier molecular flexibility index (Phi) is 6.76. The number of para-hydroxylation sites is 3. The fourth-order valence-corrected chi connectivity index (χ4v) is 11.3. The molecule has 3 heteroatoms. The second-order valence-corrected chi connectivity index (χ2v) is 16.8. The minimum Gasteiger partial charge on any atom is -0.456 e. The summed E-state index contributed by atoms with van der Waals surface area (Å²) in [5, 5.41) is 7.54. The smallest absolute Gasteiger partial charge is 0.137 e. The van der Waals surface area contributed by atoms with Gasteiger partial charge >= 0.3 is 0 Å². The number of hydrogen-bond acceptors (Lipinski definition) is 2. The van der Waals surface area contributed by atoms with Gasteiger partial charge in [0.05, 0.1) is 16.4 Å². The maximum Gasteiger partial charge on any atom is 0.137 e. The van der Waals surface area contributed by atoms with E-state index in [1.165, 1.54) is 71.5 Å². The fraction of sp³-hybridized carbons (Fsp3) is 0.0169. The third-order valence-corrected chi connectivity index (χ3v) is 13.7. The molecule has 0 bridgehead atoms. The standard InChI is InChI=1S/C59H36N2O/c1-3-15-40(16-4-1)60(43-31-32-47-46-21-9-12-25-54(46)62-55(47)36-43)42-29-26-37(27-30-42)39-34-51-57-53(35-39)61(41-17-5-2-6-18-41)52-33-28-38-14-13-24-50(56(38)58(52)57)59(51)48-22-10-7-19-44(48)45-20-8-11-23-49(45)59/h1-36H. The van der Waals surface area contributed by atoms with Crippen molar-refractivity contribution in [1.82, 2.24) is 4.57 Å². The van der Waals surface area contributed by atoms with Gasteiger partial charge in [0, 0.05) is 50.4 Å². The highest BCUT2D eigenvalue weighted by molar-refractivity contribution is 6.27. The molecule has 3 nitrogen and oxygen atoms in total. The highest BCUT2D eigenvalue weighted by Crippen LogP contribution is 2.62. The summed E-state index contributed by atoms with van der Waals surface area (Å²) in [6.07, 6.45) is 0. The quantitative estimate of drug-likeness (QED) is 0.173. The van der Waals surface area contributed by atoms with E-state index in [1.54, 1.807) is 0 Å². The monoisotopic (exact) mass is 788 g/mol. The molecule has 14 rings (SSSR count). The maximum atomic E-state index is 6.39. The summed E-state index contributed by atoms with van der Waals surface area (Å²) in [5.74, 6) is 0. The van der Waals surface area contributed by atoms with Gasteiger partial charge in [0.1, 0.15) is 11.2 Å². The summed E-state index contributed by atoms with van der Waals surface area (Å²) >= 11 is 0. The summed E-state index contributed by atoms with van der Waals surface area (Å²) in [7, 11) is 0. The minimum absolute atomic E-state index is 0.509. The second-order valence-electron chi connectivity index (χ2n) is 16.8. The third kappa shape index (κ3) is 4.39. The van der Waals surface area contributed by atoms with Crippen LogP contribution in [0.2, 0.25) is 0 Å². The Morgan fingerprint density at radius 3 is 1.81 bits per heavy atom. The van der Waals surface area contributed by atoms with E-state index in [1.807, 2.05) is 12.1 Å². The van der Waals surface area contributed by atoms with Crippen molar-refractivity contribution in [3.8, 4) is 27.9 Å². The van der Waals surface area contributed by atoms with Crippen LogP contribution in [0.3, 0.4) is 0 Å². The van der Waals surface area contributed by atoms with E-state index < -0.39 is 5.41 Å². The third-order valence-electron chi connectivity index (χ3n) is 13.7. The van der Waals surface area contributed by atoms with E-state index in [-0.39, 0.29) is 0 Å². The largest absolute Gasteiger partial charge is 0.456 e. The highest BCUT2D eigenvalue weighted by Gasteiger charge is 2.50. The van der Waals surface area contributed by atoms with Crippen molar-refractivity contribution < 1.29 is 4.42 Å². The normalized spacial score (nSPS) is 13.3. The number of anilines is 3. The van der Waals surface area contributed by atoms with E-state index in [4.69, 9.17) is 4.42 Å². The number of furan rings is 1. The molecule has 0 radical (unpaired) electrons. The summed E-state index contributed by atoms with van der Waals surface area (Å²) in [6.45, 7) is 0. The molecule has 0 fully saturated rings. The van der Waals surface area contributed by atoms with Gasteiger partial charge in [-0.15, -0.1) is 0 Å². The molecule has 10 aromatic carbocycles. The first-order valence-electron chi connectivity index (χ1n) is 21.4. The van der Waals surface area contributed by atoms with Crippen LogP contribution in [0.25, 0.3) is 82.5 Å². The van der Waals surface area contributed by atoms with Gasteiger partial charge in [0.15, 0.2) is 0 Å². The van der Waals surface area contributed by atoms with Gasteiger partial charge in [-0.2, -0.15) is 0 Å². The maximum absolute atomic E-state index is 6.39. The molecule has 0 saturated carbocycles. The Bertz CT molecular complexity index is 3760. The zero-order valence-electron chi connectivity index (χ0n) is 33.6. The van der Waals surface area contributed by atoms with Gasteiger partial charge in [-0.25, -0.2) is 0 Å². The van der Waals surface area contributed by atoms with Crippen LogP contribution in [0.4, 0.5) is 17.1 Å². The Morgan fingerprint density at radius 1 is 0.371 bits per heavy atom. The molecule has 2 aliphatic rings. The van der Waals surface area contributed by atoms with Gasteiger partial charge in [0.25, 0.3) is 0 Å². The molecule has 0 aliphatic heterocycles. The van der Waals surface area contributed by atoms with Crippen LogP contribution >= 0.6 is 0 Å². The zero-order chi connectivity index (χ0) is 40.5. The van der Waals surface area contributed by atoms with Crippen molar-refractivity contribution in [2.45, 2.75) is 5.41 Å². The first kappa shape index (κ1) is 33.7. The lowest BCUT2D eigenvalue weighted by molar-refractivity contribution is 0.669. The lowest BCUT2D eigenvalue weighted by atomic mass is 9.63. The molecule has 0 amide bonds. The topological polar surface area (TPSA) is 21.3 Å². The molecule has 0 N–H and O–H groups in total. The Hall–Kier alpha value is -8.14. The zero-order valence-corrected chi connectivity index (χ0v) is 33.6. The summed E-state index contributed by atoms with van der Waals surface area (Å²) in [4.78, 5) is 2.32. The molecule has 0 unspecified atom stereocenters. The lowest BCUT2D eigenvalue weighted by Crippen LogP contribution is -2.30. The summed E-state index contributed by atoms with van der Waals surface area (Å²) in [5.41, 5.74) is 18.4. The number of aromatic nitrogens is 1. The lowest BCUT2D eigenvalue weighted by Gasteiger charge is -2.38. The van der Waals surface area contributed by atoms with Gasteiger partial charge in [-0.1, -0.05) is 140 Å². The van der Waals surface area contributed by atoms with Crippen molar-refractivity contribution in [1.29, 1.82) is 0 Å². The van der Waals surface area contributed by atoms with Gasteiger partial charge in [-0.3, -0.25) is 0 Å². The predicted molar refractivity (Wildman–Crippen MR) is 257 cm³/mol. The van der Waals surface area contributed by atoms with Crippen molar-refractivity contribution in [2.24, 2.45) is 0 Å². The summed E-state index contributed by atoms with van der Waals surface area (Å²) in [6, 6.07) is 80.3. The van der Waals surface area contributed by atoms with Crippen molar-refractivity contribution in [3.05, 3.63) is 241 Å². The van der Waals surface area contributed by atoms with Crippen molar-refractivity contribution >= 4 is 71.6 Å². The SMILES string of the molecule is c1ccc(N(c2ccc(-c3cc4c5c6c7c(cccc7ccc6n(-c6ccccc6)c5c3)C43c4ccccc4-c4ccccc43)cc2)c2ccc3c(c2)oc2ccccc23)cc1. The number of hydrogen-bond donors (Lipinski definition) is 0. The van der Waals surface area contributed by atoms with Crippen LogP contribution in [0.15, 0.2) is 223 Å². The Balaban J connectivity index is 1.03. The Morgan fingerprint density at radius 2 is 1.02 bits per heavy atom. The van der Waals surface area contributed by atoms with Crippen LogP contribution in [-0.2, 0) is 5.41 Å². The number of rotatable bonds is 5. The van der Waals surface area contributed by atoms with Crippen LogP contribution in [-0.4, -0.2) is 4.57 Å². The van der Waals surface area contributed by atoms with Gasteiger partial charge < -0.3 is 13.9 Å². The average molecular weight is 789 g/mol. The molecule has 2 heterocycles. The molecule has 0 atom stereocenters. The molecule has 0 saturated heterocycles. The Labute approximate surface area is 358 Å². The molecular weight excluding hydrogens is 753 g/mol. The number of fused-ring (bicyclic) bond motifs is 10. The molecule has 12 aromatic rings. The minimum atomic E-state index is -0.509. The second kappa shape index (κ2) is 12.4. The summed E-state index contributed by atoms with van der Waals surface area (Å²) < 4.78 is 8.89. The molecule has 2 aliphatic carbocycles. The predicted octanol–water partition coefficient (Wildman–Crippen LogP) is 15.6. The van der Waals surface area contributed by atoms with E-state index in [0.717, 1.165) is 50.3 Å². The highest BCUT2D eigenvalue weighted by atomic mass is 16.3. The fourth-order valence-electron chi connectivity index (χ4n) is 11.3. The van der Waals surface area contributed by atoms with Crippen LogP contribution in [0.5, 0.6) is 0 Å². The van der Waals surface area contributed by atoms with Crippen molar-refractivity contribution in [2.75, 3.05) is 4.90 Å². The van der Waals surface area contributed by atoms with Crippen LogP contribution in [0, 0.1) is 0 Å². The molecule has 288 valence electrons. The van der Waals surface area contributed by atoms with Gasteiger partial charge in [-0.05, 0) is 128 Å². The van der Waals surface area contributed by atoms with Gasteiger partial charge in [0.2, 0.25) is 0 Å². The van der Waals surface area contributed by atoms with E-state index in [0.29, 0.717) is 0 Å². The van der Waals surface area contributed by atoms with Crippen LogP contribution in [0.1, 0.15) is 22.3 Å². The van der Waals surface area contributed by atoms with Crippen molar-refractivity contribution in [3.63, 3.8) is 0 Å². The van der Waals surface area contributed by atoms with E-state index in [9.17, 15) is 0 Å². The number of nitrogens with zero attached hydrogens (tertiary/aromatic N) is 2. The molecular formula is C59H36N2O. The van der Waals surface area contributed by atoms with E-state index in [2.05, 4.69) is 216 Å². The molecule has 62 heavy (non-hydrogen) atoms. The number of benzene rings is 10. The van der Waals surface area contributed by atoms with E-state index >= 15 is 0 Å².